The molecule has 0 saturated heterocycles. The van der Waals surface area contributed by atoms with Crippen molar-refractivity contribution in [2.75, 3.05) is 5.32 Å². The lowest BCUT2D eigenvalue weighted by Crippen LogP contribution is -2.20. The molecule has 5 rings (SSSR count). The van der Waals surface area contributed by atoms with Crippen molar-refractivity contribution >= 4 is 22.8 Å². The number of fused-ring (bicyclic) bond motifs is 1. The number of aromatic nitrogens is 5. The Morgan fingerprint density at radius 2 is 1.74 bits per heavy atom. The van der Waals surface area contributed by atoms with Crippen molar-refractivity contribution < 1.29 is 4.79 Å². The van der Waals surface area contributed by atoms with Gasteiger partial charge in [-0.3, -0.25) is 9.48 Å². The first-order valence-electron chi connectivity index (χ1n) is 11.7. The Morgan fingerprint density at radius 1 is 0.914 bits per heavy atom. The first-order valence-corrected chi connectivity index (χ1v) is 11.7. The number of aryl methyl sites for hydroxylation is 4. The number of carbonyl (C=O) groups is 1. The van der Waals surface area contributed by atoms with Crippen LogP contribution in [0, 0.1) is 27.7 Å². The third-order valence-electron chi connectivity index (χ3n) is 6.26. The summed E-state index contributed by atoms with van der Waals surface area (Å²) in [6.45, 7) is 8.82. The van der Waals surface area contributed by atoms with Crippen molar-refractivity contribution in [3.8, 4) is 11.1 Å². The van der Waals surface area contributed by atoms with E-state index in [0.717, 1.165) is 27.9 Å². The molecule has 0 atom stereocenters. The van der Waals surface area contributed by atoms with Crippen LogP contribution in [0.25, 0.3) is 22.2 Å². The molecule has 0 saturated carbocycles. The average Bonchev–Trinajstić information content (AvgIpc) is 3.33. The average molecular weight is 465 g/mol. The molecule has 0 fully saturated rings. The van der Waals surface area contributed by atoms with Gasteiger partial charge in [-0.15, -0.1) is 0 Å². The predicted octanol–water partition coefficient (Wildman–Crippen LogP) is 5.22. The number of carbonyl (C=O) groups excluding carboxylic acids is 1. The maximum absolute atomic E-state index is 12.9. The summed E-state index contributed by atoms with van der Waals surface area (Å²) in [5.41, 5.74) is 8.29. The van der Waals surface area contributed by atoms with Gasteiger partial charge in [0.05, 0.1) is 12.2 Å². The summed E-state index contributed by atoms with van der Waals surface area (Å²) in [6, 6.07) is 20.5. The third-order valence-corrected chi connectivity index (χ3v) is 6.26. The van der Waals surface area contributed by atoms with Gasteiger partial charge in [0.2, 0.25) is 5.91 Å². The normalized spacial score (nSPS) is 11.2. The topological polar surface area (TPSA) is 77.6 Å². The molecule has 0 radical (unpaired) electrons. The quantitative estimate of drug-likeness (QED) is 0.374. The molecule has 0 aliphatic rings. The van der Waals surface area contributed by atoms with E-state index in [4.69, 9.17) is 0 Å². The van der Waals surface area contributed by atoms with Crippen molar-refractivity contribution in [2.24, 2.45) is 0 Å². The maximum Gasteiger partial charge on any atom is 0.247 e. The highest BCUT2D eigenvalue weighted by molar-refractivity contribution is 5.96. The molecule has 0 aliphatic heterocycles. The molecule has 0 aliphatic carbocycles. The summed E-state index contributed by atoms with van der Waals surface area (Å²) >= 11 is 0. The molecular weight excluding hydrogens is 436 g/mol. The fourth-order valence-electron chi connectivity index (χ4n) is 4.44. The largest absolute Gasteiger partial charge is 0.308 e. The van der Waals surface area contributed by atoms with E-state index in [1.54, 1.807) is 10.9 Å². The number of nitrogens with zero attached hydrogens (tertiary/aromatic N) is 5. The highest BCUT2D eigenvalue weighted by Gasteiger charge is 2.17. The van der Waals surface area contributed by atoms with E-state index in [1.807, 2.05) is 48.9 Å². The molecule has 35 heavy (non-hydrogen) atoms. The minimum Gasteiger partial charge on any atom is -0.308 e. The number of benzene rings is 2. The first-order chi connectivity index (χ1) is 16.9. The fourth-order valence-corrected chi connectivity index (χ4v) is 4.44. The summed E-state index contributed by atoms with van der Waals surface area (Å²) < 4.78 is 3.57. The molecule has 5 aromatic rings. The Labute approximate surface area is 204 Å². The molecule has 1 N–H and O–H groups in total. The van der Waals surface area contributed by atoms with Crippen molar-refractivity contribution in [3.05, 3.63) is 94.9 Å². The number of hydrogen-bond donors (Lipinski definition) is 1. The summed E-state index contributed by atoms with van der Waals surface area (Å²) in [5, 5.41) is 13.1. The SMILES string of the molecule is Cc1cccc(-c2ccnc3c2c(C)nn3CC(=O)Nc2cc(C)n(Cc3ccccc3C)n2)c1. The molecule has 3 aromatic heterocycles. The lowest BCUT2D eigenvalue weighted by Gasteiger charge is -2.07. The number of amides is 1. The zero-order valence-corrected chi connectivity index (χ0v) is 20.4. The van der Waals surface area contributed by atoms with E-state index in [1.165, 1.54) is 16.7 Å². The molecule has 176 valence electrons. The lowest BCUT2D eigenvalue weighted by atomic mass is 10.0. The fraction of sp³-hybridized carbons (Fsp3) is 0.214. The molecule has 7 nitrogen and oxygen atoms in total. The maximum atomic E-state index is 12.9. The second-order valence-electron chi connectivity index (χ2n) is 8.97. The van der Waals surface area contributed by atoms with Gasteiger partial charge >= 0.3 is 0 Å². The Hall–Kier alpha value is -4.26. The zero-order valence-electron chi connectivity index (χ0n) is 20.4. The number of hydrogen-bond acceptors (Lipinski definition) is 4. The van der Waals surface area contributed by atoms with Crippen LogP contribution in [0.3, 0.4) is 0 Å². The van der Waals surface area contributed by atoms with Crippen LogP contribution in [-0.4, -0.2) is 30.5 Å². The molecule has 2 aromatic carbocycles. The second-order valence-corrected chi connectivity index (χ2v) is 8.97. The number of pyridine rings is 1. The summed E-state index contributed by atoms with van der Waals surface area (Å²) in [6.07, 6.45) is 1.77. The molecule has 0 spiro atoms. The van der Waals surface area contributed by atoms with Gasteiger partial charge < -0.3 is 5.32 Å². The Kier molecular flexibility index (Phi) is 5.91. The highest BCUT2D eigenvalue weighted by atomic mass is 16.2. The van der Waals surface area contributed by atoms with Crippen molar-refractivity contribution in [1.82, 2.24) is 24.5 Å². The Bertz CT molecular complexity index is 1540. The van der Waals surface area contributed by atoms with Crippen LogP contribution in [0.15, 0.2) is 66.9 Å². The minimum atomic E-state index is -0.197. The second kappa shape index (κ2) is 9.18. The summed E-state index contributed by atoms with van der Waals surface area (Å²) in [4.78, 5) is 17.5. The van der Waals surface area contributed by atoms with E-state index in [9.17, 15) is 4.79 Å². The van der Waals surface area contributed by atoms with Crippen LogP contribution in [0.4, 0.5) is 5.82 Å². The van der Waals surface area contributed by atoms with E-state index >= 15 is 0 Å². The van der Waals surface area contributed by atoms with Gasteiger partial charge in [-0.25, -0.2) is 9.67 Å². The summed E-state index contributed by atoms with van der Waals surface area (Å²) in [7, 11) is 0. The smallest absolute Gasteiger partial charge is 0.247 e. The van der Waals surface area contributed by atoms with Crippen LogP contribution in [0.1, 0.15) is 28.1 Å². The van der Waals surface area contributed by atoms with Crippen LogP contribution >= 0.6 is 0 Å². The van der Waals surface area contributed by atoms with Gasteiger partial charge in [0.1, 0.15) is 6.54 Å². The standard InChI is InChI=1S/C28H28N6O/c1-18-8-7-11-22(14-18)24-12-13-29-28-27(24)21(4)31-34(28)17-26(35)30-25-15-20(3)33(32-25)16-23-10-6-5-9-19(23)2/h5-15H,16-17H2,1-4H3,(H,30,32,35). The van der Waals surface area contributed by atoms with Crippen molar-refractivity contribution in [2.45, 2.75) is 40.8 Å². The number of rotatable bonds is 6. The Balaban J connectivity index is 1.36. The Morgan fingerprint density at radius 3 is 2.54 bits per heavy atom. The van der Waals surface area contributed by atoms with Crippen molar-refractivity contribution in [1.29, 1.82) is 0 Å². The van der Waals surface area contributed by atoms with E-state index in [-0.39, 0.29) is 12.5 Å². The van der Waals surface area contributed by atoms with Gasteiger partial charge in [-0.2, -0.15) is 10.2 Å². The molecule has 1 amide bonds. The lowest BCUT2D eigenvalue weighted by molar-refractivity contribution is -0.116. The third kappa shape index (κ3) is 4.57. The molecule has 7 heteroatoms. The van der Waals surface area contributed by atoms with E-state index < -0.39 is 0 Å². The molecule has 0 unspecified atom stereocenters. The molecule has 0 bridgehead atoms. The van der Waals surface area contributed by atoms with Crippen molar-refractivity contribution in [3.63, 3.8) is 0 Å². The molecular formula is C28H28N6O. The number of anilines is 1. The van der Waals surface area contributed by atoms with E-state index in [2.05, 4.69) is 64.7 Å². The van der Waals surface area contributed by atoms with Gasteiger partial charge in [0.25, 0.3) is 0 Å². The predicted molar refractivity (Wildman–Crippen MR) is 138 cm³/mol. The van der Waals surface area contributed by atoms with Crippen LogP contribution in [0.5, 0.6) is 0 Å². The first kappa shape index (κ1) is 22.5. The van der Waals surface area contributed by atoms with Crippen LogP contribution < -0.4 is 5.32 Å². The monoisotopic (exact) mass is 464 g/mol. The van der Waals surface area contributed by atoms with Gasteiger partial charge in [0.15, 0.2) is 11.5 Å². The van der Waals surface area contributed by atoms with Gasteiger partial charge in [-0.05, 0) is 56.0 Å². The highest BCUT2D eigenvalue weighted by Crippen LogP contribution is 2.30. The van der Waals surface area contributed by atoms with E-state index in [0.29, 0.717) is 18.0 Å². The van der Waals surface area contributed by atoms with Crippen LogP contribution in [-0.2, 0) is 17.9 Å². The van der Waals surface area contributed by atoms with Crippen LogP contribution in [0.2, 0.25) is 0 Å². The van der Waals surface area contributed by atoms with Gasteiger partial charge in [0, 0.05) is 23.3 Å². The zero-order chi connectivity index (χ0) is 24.5. The molecule has 3 heterocycles. The minimum absolute atomic E-state index is 0.0539. The summed E-state index contributed by atoms with van der Waals surface area (Å²) in [5.74, 6) is 0.334. The van der Waals surface area contributed by atoms with Gasteiger partial charge in [-0.1, -0.05) is 54.1 Å². The number of nitrogens with one attached hydrogen (secondary N) is 1.